The van der Waals surface area contributed by atoms with Gasteiger partial charge in [0.15, 0.2) is 0 Å². The molecule has 2 heterocycles. The van der Waals surface area contributed by atoms with Gasteiger partial charge in [-0.2, -0.15) is 0 Å². The summed E-state index contributed by atoms with van der Waals surface area (Å²) in [5, 5.41) is 0. The van der Waals surface area contributed by atoms with Gasteiger partial charge in [-0.15, -0.1) is 0 Å². The van der Waals surface area contributed by atoms with Crippen molar-refractivity contribution >= 4 is 11.9 Å². The quantitative estimate of drug-likeness (QED) is 0.602. The van der Waals surface area contributed by atoms with Crippen LogP contribution in [-0.2, 0) is 4.74 Å². The molecule has 3 aromatic rings. The van der Waals surface area contributed by atoms with Crippen LogP contribution in [0.1, 0.15) is 37.9 Å². The van der Waals surface area contributed by atoms with Crippen molar-refractivity contribution in [1.82, 2.24) is 14.8 Å². The normalized spacial score (nSPS) is 14.2. The van der Waals surface area contributed by atoms with E-state index in [1.54, 1.807) is 0 Å². The van der Waals surface area contributed by atoms with E-state index >= 15 is 0 Å². The number of rotatable bonds is 5. The Kier molecular flexibility index (Phi) is 6.25. The van der Waals surface area contributed by atoms with Crippen LogP contribution in [0.25, 0.3) is 0 Å². The summed E-state index contributed by atoms with van der Waals surface area (Å²) in [6.45, 7) is 2.64. The zero-order chi connectivity index (χ0) is 21.6. The molecule has 0 radical (unpaired) electrons. The van der Waals surface area contributed by atoms with Crippen molar-refractivity contribution in [2.24, 2.45) is 0 Å². The minimum absolute atomic E-state index is 0.0913. The lowest BCUT2D eigenvalue weighted by atomic mass is 9.97. The van der Waals surface area contributed by atoms with E-state index in [1.807, 2.05) is 35.2 Å². The van der Waals surface area contributed by atoms with Crippen LogP contribution < -0.4 is 0 Å². The maximum absolute atomic E-state index is 13.0. The minimum atomic E-state index is -0.505. The largest absolute Gasteiger partial charge is 0.465 e. The Labute approximate surface area is 182 Å². The summed E-state index contributed by atoms with van der Waals surface area (Å²) in [7, 11) is 1.31. The summed E-state index contributed by atoms with van der Waals surface area (Å²) in [4.78, 5) is 33.0. The fourth-order valence-electron chi connectivity index (χ4n) is 3.93. The molecule has 1 fully saturated rings. The molecular weight excluding hydrogens is 390 g/mol. The summed E-state index contributed by atoms with van der Waals surface area (Å²) in [6.07, 6.45) is 2.89. The number of carbonyl (C=O) groups excluding carboxylic acids is 2. The average molecular weight is 413 g/mol. The van der Waals surface area contributed by atoms with Crippen molar-refractivity contribution < 1.29 is 14.3 Å². The van der Waals surface area contributed by atoms with Crippen LogP contribution in [0.15, 0.2) is 67.0 Å². The molecule has 6 heteroatoms. The van der Waals surface area contributed by atoms with Crippen molar-refractivity contribution in [1.29, 1.82) is 0 Å². The van der Waals surface area contributed by atoms with Gasteiger partial charge < -0.3 is 9.64 Å². The average Bonchev–Trinajstić information content (AvgIpc) is 2.85. The van der Waals surface area contributed by atoms with Crippen molar-refractivity contribution in [3.05, 3.63) is 101 Å². The minimum Gasteiger partial charge on any atom is -0.465 e. The zero-order valence-corrected chi connectivity index (χ0v) is 17.3. The van der Waals surface area contributed by atoms with Gasteiger partial charge in [0, 0.05) is 38.6 Å². The summed E-state index contributed by atoms with van der Waals surface area (Å²) in [5.41, 5.74) is 3.02. The van der Waals surface area contributed by atoms with Crippen LogP contribution in [0.3, 0.4) is 0 Å². The van der Waals surface area contributed by atoms with Crippen LogP contribution in [-0.4, -0.2) is 59.9 Å². The number of ether oxygens (including phenoxy) is 1. The molecule has 2 aromatic carbocycles. The first-order chi connectivity index (χ1) is 15.2. The second-order valence-corrected chi connectivity index (χ2v) is 7.36. The van der Waals surface area contributed by atoms with Crippen LogP contribution in [0.2, 0.25) is 0 Å². The third kappa shape index (κ3) is 4.57. The Morgan fingerprint density at radius 1 is 0.968 bits per heavy atom. The highest BCUT2D eigenvalue weighted by atomic mass is 16.5. The summed E-state index contributed by atoms with van der Waals surface area (Å²) in [5.74, 6) is -0.633. The summed E-state index contributed by atoms with van der Waals surface area (Å²) in [6, 6.07) is 23.9. The van der Waals surface area contributed by atoms with E-state index in [1.165, 1.54) is 31.1 Å². The fraction of sp³-hybridized carbons (Fsp3) is 0.240. The van der Waals surface area contributed by atoms with E-state index < -0.39 is 5.97 Å². The lowest BCUT2D eigenvalue weighted by Gasteiger charge is -2.39. The lowest BCUT2D eigenvalue weighted by molar-refractivity contribution is 0.0595. The second kappa shape index (κ2) is 9.41. The maximum atomic E-state index is 13.0. The molecule has 4 rings (SSSR count). The summed E-state index contributed by atoms with van der Waals surface area (Å²) < 4.78 is 4.73. The summed E-state index contributed by atoms with van der Waals surface area (Å²) >= 11 is 0. The maximum Gasteiger partial charge on any atom is 0.339 e. The van der Waals surface area contributed by atoms with Crippen molar-refractivity contribution in [3.63, 3.8) is 0 Å². The number of aromatic nitrogens is 1. The van der Waals surface area contributed by atoms with Gasteiger partial charge in [-0.1, -0.05) is 42.5 Å². The van der Waals surface area contributed by atoms with Gasteiger partial charge in [0.05, 0.1) is 24.3 Å². The monoisotopic (exact) mass is 413 g/mol. The van der Waals surface area contributed by atoms with Gasteiger partial charge in [-0.3, -0.25) is 14.7 Å². The molecule has 0 N–H and O–H groups in total. The zero-order valence-electron chi connectivity index (χ0n) is 17.3. The highest BCUT2D eigenvalue weighted by Crippen LogP contribution is 2.29. The van der Waals surface area contributed by atoms with E-state index in [-0.39, 0.29) is 17.5 Å². The molecule has 0 aliphatic carbocycles. The molecule has 0 saturated carbocycles. The van der Waals surface area contributed by atoms with Crippen LogP contribution in [0.5, 0.6) is 0 Å². The van der Waals surface area contributed by atoms with Crippen LogP contribution in [0.4, 0.5) is 0 Å². The Bertz CT molecular complexity index is 993. The predicted octanol–water partition coefficient (Wildman–Crippen LogP) is 3.02. The number of nitrogens with zero attached hydrogens (tertiary/aromatic N) is 3. The first-order valence-electron chi connectivity index (χ1n) is 10.2. The van der Waals surface area contributed by atoms with Crippen molar-refractivity contribution in [3.8, 4) is 0 Å². The van der Waals surface area contributed by atoms with E-state index in [0.717, 1.165) is 18.7 Å². The van der Waals surface area contributed by atoms with Crippen LogP contribution >= 0.6 is 0 Å². The van der Waals surface area contributed by atoms with E-state index in [9.17, 15) is 9.59 Å². The molecule has 1 unspecified atom stereocenters. The molecule has 1 aliphatic rings. The van der Waals surface area contributed by atoms with Gasteiger partial charge in [0.2, 0.25) is 0 Å². The number of hydrogen-bond acceptors (Lipinski definition) is 5. The highest BCUT2D eigenvalue weighted by molar-refractivity contribution is 5.97. The van der Waals surface area contributed by atoms with E-state index in [2.05, 4.69) is 40.2 Å². The van der Waals surface area contributed by atoms with Crippen LogP contribution in [0, 0.1) is 12.1 Å². The number of esters is 1. The molecule has 1 saturated heterocycles. The Balaban J connectivity index is 1.49. The number of carbonyl (C=O) groups is 2. The molecule has 1 aromatic heterocycles. The Morgan fingerprint density at radius 2 is 1.71 bits per heavy atom. The van der Waals surface area contributed by atoms with Gasteiger partial charge in [-0.25, -0.2) is 4.79 Å². The molecule has 6 nitrogen and oxygen atoms in total. The number of amides is 1. The predicted molar refractivity (Wildman–Crippen MR) is 115 cm³/mol. The lowest BCUT2D eigenvalue weighted by Crippen LogP contribution is -2.49. The first-order valence-corrected chi connectivity index (χ1v) is 10.2. The number of pyridine rings is 1. The molecule has 31 heavy (non-hydrogen) atoms. The van der Waals surface area contributed by atoms with Crippen molar-refractivity contribution in [2.75, 3.05) is 33.3 Å². The third-order valence-electron chi connectivity index (χ3n) is 5.49. The molecule has 156 valence electrons. The smallest absolute Gasteiger partial charge is 0.339 e. The fourth-order valence-corrected chi connectivity index (χ4v) is 3.93. The van der Waals surface area contributed by atoms with Gasteiger partial charge in [0.1, 0.15) is 0 Å². The van der Waals surface area contributed by atoms with Gasteiger partial charge in [0.25, 0.3) is 5.91 Å². The highest BCUT2D eigenvalue weighted by Gasteiger charge is 2.29. The molecular formula is C25H23N3O3. The van der Waals surface area contributed by atoms with Gasteiger partial charge in [-0.05, 0) is 35.4 Å². The van der Waals surface area contributed by atoms with Crippen molar-refractivity contribution in [2.45, 2.75) is 6.04 Å². The standard InChI is InChI=1S/C25H23N3O3/c1-31-25(30)22-16-21(17-26-18-22)24(29)28-14-12-27(13-15-28)23(19-8-4-2-5-9-19)20-10-6-3-7-11-20/h2,4-6,8-11,16-18,23H,12-15H2,1H3. The van der Waals surface area contributed by atoms with E-state index in [0.29, 0.717) is 18.7 Å². The molecule has 0 bridgehead atoms. The van der Waals surface area contributed by atoms with Gasteiger partial charge >= 0.3 is 5.97 Å². The Morgan fingerprint density at radius 3 is 2.39 bits per heavy atom. The number of methoxy groups -OCH3 is 1. The molecule has 1 amide bonds. The number of hydrogen-bond donors (Lipinski definition) is 0. The third-order valence-corrected chi connectivity index (χ3v) is 5.49. The Hall–Kier alpha value is -3.69. The SMILES string of the molecule is COC(=O)c1cncc(C(=O)N2CCN(C(c3cc#ccc3)c3ccccc3)CC2)c1. The topological polar surface area (TPSA) is 62.7 Å². The molecule has 1 atom stereocenters. The molecule has 0 spiro atoms. The first kappa shape index (κ1) is 20.6. The number of piperazine rings is 1. The second-order valence-electron chi connectivity index (χ2n) is 7.36. The number of benzene rings is 1. The van der Waals surface area contributed by atoms with E-state index in [4.69, 9.17) is 4.74 Å². The molecule has 1 aliphatic heterocycles.